The third-order valence-corrected chi connectivity index (χ3v) is 6.22. The predicted octanol–water partition coefficient (Wildman–Crippen LogP) is 6.62. The van der Waals surface area contributed by atoms with E-state index in [4.69, 9.17) is 9.15 Å². The quantitative estimate of drug-likeness (QED) is 0.300. The van der Waals surface area contributed by atoms with Crippen LogP contribution in [0.15, 0.2) is 89.5 Å². The number of anilines is 1. The first-order valence-electron chi connectivity index (χ1n) is 10.7. The minimum atomic E-state index is -0.339. The number of carbonyl (C=O) groups excluding carboxylic acids is 1. The molecule has 0 unspecified atom stereocenters. The fourth-order valence-corrected chi connectivity index (χ4v) is 4.45. The summed E-state index contributed by atoms with van der Waals surface area (Å²) in [6, 6.07) is 25.5. The van der Waals surface area contributed by atoms with Gasteiger partial charge in [0, 0.05) is 28.4 Å². The second-order valence-corrected chi connectivity index (χ2v) is 8.87. The van der Waals surface area contributed by atoms with Crippen LogP contribution >= 0.6 is 11.3 Å². The standard InChI is InChI=1S/C27H22N2O3S/c1-18-11-13-19(14-12-18)15-21-16-28-27(33-21)29-26(30)25-23(17-31-20-7-3-2-4-8-20)22-9-5-6-10-24(22)32-25/h2-14,16H,15,17H2,1H3,(H,28,29,30). The van der Waals surface area contributed by atoms with E-state index in [1.165, 1.54) is 22.5 Å². The first kappa shape index (κ1) is 21.0. The molecular formula is C27H22N2O3S. The van der Waals surface area contributed by atoms with E-state index in [-0.39, 0.29) is 18.3 Å². The van der Waals surface area contributed by atoms with Crippen LogP contribution < -0.4 is 10.1 Å². The molecule has 0 spiro atoms. The summed E-state index contributed by atoms with van der Waals surface area (Å²) in [6.45, 7) is 2.29. The molecule has 6 heteroatoms. The van der Waals surface area contributed by atoms with Crippen molar-refractivity contribution < 1.29 is 13.9 Å². The molecule has 0 saturated carbocycles. The van der Waals surface area contributed by atoms with Gasteiger partial charge in [-0.1, -0.05) is 66.2 Å². The third kappa shape index (κ3) is 4.81. The minimum absolute atomic E-state index is 0.223. The molecule has 0 aliphatic heterocycles. The number of nitrogens with one attached hydrogen (secondary N) is 1. The van der Waals surface area contributed by atoms with Crippen LogP contribution in [0, 0.1) is 6.92 Å². The summed E-state index contributed by atoms with van der Waals surface area (Å²) in [5, 5.41) is 4.29. The zero-order valence-electron chi connectivity index (χ0n) is 18.1. The van der Waals surface area contributed by atoms with Gasteiger partial charge in [0.25, 0.3) is 5.91 Å². The van der Waals surface area contributed by atoms with E-state index in [1.54, 1.807) is 6.20 Å². The third-order valence-electron chi connectivity index (χ3n) is 5.30. The zero-order valence-corrected chi connectivity index (χ0v) is 18.9. The van der Waals surface area contributed by atoms with Crippen LogP contribution in [0.5, 0.6) is 5.75 Å². The van der Waals surface area contributed by atoms with Crippen LogP contribution in [0.4, 0.5) is 5.13 Å². The number of hydrogen-bond acceptors (Lipinski definition) is 5. The van der Waals surface area contributed by atoms with E-state index in [2.05, 4.69) is 41.5 Å². The smallest absolute Gasteiger partial charge is 0.293 e. The molecule has 0 aliphatic carbocycles. The summed E-state index contributed by atoms with van der Waals surface area (Å²) in [5.41, 5.74) is 3.80. The SMILES string of the molecule is Cc1ccc(Cc2cnc(NC(=O)c3oc4ccccc4c3COc3ccccc3)s2)cc1. The Bertz CT molecular complexity index is 1390. The van der Waals surface area contributed by atoms with Gasteiger partial charge in [-0.2, -0.15) is 0 Å². The van der Waals surface area contributed by atoms with Crippen molar-refractivity contribution >= 4 is 33.3 Å². The largest absolute Gasteiger partial charge is 0.489 e. The van der Waals surface area contributed by atoms with E-state index in [0.717, 1.165) is 22.4 Å². The molecule has 0 radical (unpaired) electrons. The summed E-state index contributed by atoms with van der Waals surface area (Å²) in [5.74, 6) is 0.631. The molecule has 3 aromatic carbocycles. The van der Waals surface area contributed by atoms with E-state index < -0.39 is 0 Å². The summed E-state index contributed by atoms with van der Waals surface area (Å²) in [6.07, 6.45) is 2.58. The average molecular weight is 455 g/mol. The maximum Gasteiger partial charge on any atom is 0.293 e. The molecule has 5 nitrogen and oxygen atoms in total. The van der Waals surface area contributed by atoms with Crippen molar-refractivity contribution in [3.05, 3.63) is 112 Å². The lowest BCUT2D eigenvalue weighted by Crippen LogP contribution is -2.13. The van der Waals surface area contributed by atoms with E-state index in [9.17, 15) is 4.79 Å². The predicted molar refractivity (Wildman–Crippen MR) is 131 cm³/mol. The van der Waals surface area contributed by atoms with Crippen LogP contribution in [-0.2, 0) is 13.0 Å². The van der Waals surface area contributed by atoms with Gasteiger partial charge in [0.15, 0.2) is 10.9 Å². The molecular weight excluding hydrogens is 432 g/mol. The highest BCUT2D eigenvalue weighted by molar-refractivity contribution is 7.15. The molecule has 0 bridgehead atoms. The second kappa shape index (κ2) is 9.30. The van der Waals surface area contributed by atoms with Crippen LogP contribution in [-0.4, -0.2) is 10.9 Å². The maximum atomic E-state index is 13.1. The molecule has 164 valence electrons. The summed E-state index contributed by atoms with van der Waals surface area (Å²) >= 11 is 1.46. The molecule has 0 aliphatic rings. The van der Waals surface area contributed by atoms with Crippen molar-refractivity contribution in [2.75, 3.05) is 5.32 Å². The molecule has 0 saturated heterocycles. The molecule has 1 amide bonds. The Hall–Kier alpha value is -3.90. The first-order chi connectivity index (χ1) is 16.2. The Kier molecular flexibility index (Phi) is 5.91. The van der Waals surface area contributed by atoms with Gasteiger partial charge in [0.05, 0.1) is 0 Å². The Morgan fingerprint density at radius 1 is 1.00 bits per heavy atom. The molecule has 5 aromatic rings. The Labute approximate surface area is 195 Å². The van der Waals surface area contributed by atoms with Crippen molar-refractivity contribution in [3.8, 4) is 5.75 Å². The number of hydrogen-bond donors (Lipinski definition) is 1. The molecule has 33 heavy (non-hydrogen) atoms. The Balaban J connectivity index is 1.35. The fourth-order valence-electron chi connectivity index (χ4n) is 3.61. The molecule has 5 rings (SSSR count). The van der Waals surface area contributed by atoms with Crippen molar-refractivity contribution in [1.82, 2.24) is 4.98 Å². The topological polar surface area (TPSA) is 64.4 Å². The number of aromatic nitrogens is 1. The van der Waals surface area contributed by atoms with Gasteiger partial charge in [-0.25, -0.2) is 4.98 Å². The number of ether oxygens (including phenoxy) is 1. The van der Waals surface area contributed by atoms with E-state index in [0.29, 0.717) is 16.3 Å². The number of rotatable bonds is 7. The number of amides is 1. The number of nitrogens with zero attached hydrogens (tertiary/aromatic N) is 1. The highest BCUT2D eigenvalue weighted by Crippen LogP contribution is 2.29. The zero-order chi connectivity index (χ0) is 22.6. The molecule has 2 heterocycles. The first-order valence-corrected chi connectivity index (χ1v) is 11.5. The van der Waals surface area contributed by atoms with Gasteiger partial charge in [-0.05, 0) is 30.7 Å². The summed E-state index contributed by atoms with van der Waals surface area (Å²) in [7, 11) is 0. The van der Waals surface area contributed by atoms with Gasteiger partial charge in [-0.3, -0.25) is 10.1 Å². The van der Waals surface area contributed by atoms with Crippen LogP contribution in [0.1, 0.15) is 32.1 Å². The summed E-state index contributed by atoms with van der Waals surface area (Å²) < 4.78 is 11.8. The Morgan fingerprint density at radius 3 is 2.58 bits per heavy atom. The number of para-hydroxylation sites is 2. The number of benzene rings is 3. The van der Waals surface area contributed by atoms with E-state index in [1.807, 2.05) is 54.6 Å². The van der Waals surface area contributed by atoms with Gasteiger partial charge < -0.3 is 9.15 Å². The van der Waals surface area contributed by atoms with Crippen molar-refractivity contribution in [2.24, 2.45) is 0 Å². The Morgan fingerprint density at radius 2 is 1.76 bits per heavy atom. The van der Waals surface area contributed by atoms with Crippen LogP contribution in [0.3, 0.4) is 0 Å². The number of fused-ring (bicyclic) bond motifs is 1. The van der Waals surface area contributed by atoms with Crippen molar-refractivity contribution in [3.63, 3.8) is 0 Å². The number of carbonyl (C=O) groups is 1. The number of thiazole rings is 1. The number of aryl methyl sites for hydroxylation is 1. The summed E-state index contributed by atoms with van der Waals surface area (Å²) in [4.78, 5) is 18.6. The minimum Gasteiger partial charge on any atom is -0.489 e. The molecule has 1 N–H and O–H groups in total. The number of furan rings is 1. The molecule has 0 atom stereocenters. The van der Waals surface area contributed by atoms with Crippen LogP contribution in [0.25, 0.3) is 11.0 Å². The van der Waals surface area contributed by atoms with Crippen molar-refractivity contribution in [2.45, 2.75) is 20.0 Å². The lowest BCUT2D eigenvalue weighted by molar-refractivity contribution is 0.0995. The molecule has 0 fully saturated rings. The monoisotopic (exact) mass is 454 g/mol. The maximum absolute atomic E-state index is 13.1. The van der Waals surface area contributed by atoms with E-state index >= 15 is 0 Å². The second-order valence-electron chi connectivity index (χ2n) is 7.76. The van der Waals surface area contributed by atoms with Gasteiger partial charge >= 0.3 is 0 Å². The van der Waals surface area contributed by atoms with Gasteiger partial charge in [0.1, 0.15) is 17.9 Å². The van der Waals surface area contributed by atoms with Crippen molar-refractivity contribution in [1.29, 1.82) is 0 Å². The highest BCUT2D eigenvalue weighted by atomic mass is 32.1. The average Bonchev–Trinajstić information content (AvgIpc) is 3.44. The lowest BCUT2D eigenvalue weighted by atomic mass is 10.1. The highest BCUT2D eigenvalue weighted by Gasteiger charge is 2.22. The lowest BCUT2D eigenvalue weighted by Gasteiger charge is -2.07. The normalized spacial score (nSPS) is 10.9. The van der Waals surface area contributed by atoms with Crippen LogP contribution in [0.2, 0.25) is 0 Å². The molecule has 2 aromatic heterocycles. The van der Waals surface area contributed by atoms with Gasteiger partial charge in [-0.15, -0.1) is 11.3 Å². The van der Waals surface area contributed by atoms with Gasteiger partial charge in [0.2, 0.25) is 0 Å². The fraction of sp³-hybridized carbons (Fsp3) is 0.111.